The van der Waals surface area contributed by atoms with Gasteiger partial charge in [0.2, 0.25) is 0 Å². The Kier molecular flexibility index (Phi) is 5.60. The lowest BCUT2D eigenvalue weighted by molar-refractivity contribution is -0.0478. The molecular formula is C19H21BrN2O3. The minimum atomic E-state index is -0.151. The number of hydrogen-bond acceptors (Lipinski definition) is 3. The van der Waals surface area contributed by atoms with Gasteiger partial charge >= 0.3 is 6.03 Å². The highest BCUT2D eigenvalue weighted by Crippen LogP contribution is 2.30. The van der Waals surface area contributed by atoms with Gasteiger partial charge in [0.15, 0.2) is 0 Å². The minimum Gasteiger partial charge on any atom is -0.495 e. The fourth-order valence-electron chi connectivity index (χ4n) is 3.03. The van der Waals surface area contributed by atoms with Gasteiger partial charge < -0.3 is 19.7 Å². The van der Waals surface area contributed by atoms with Crippen LogP contribution in [-0.4, -0.2) is 37.2 Å². The van der Waals surface area contributed by atoms with E-state index in [1.165, 1.54) is 0 Å². The Morgan fingerprint density at radius 1 is 1.24 bits per heavy atom. The topological polar surface area (TPSA) is 50.8 Å². The number of urea groups is 1. The van der Waals surface area contributed by atoms with E-state index in [1.807, 2.05) is 60.4 Å². The van der Waals surface area contributed by atoms with Crippen LogP contribution >= 0.6 is 15.9 Å². The summed E-state index contributed by atoms with van der Waals surface area (Å²) in [6, 6.07) is 15.2. The second-order valence-corrected chi connectivity index (χ2v) is 6.82. The van der Waals surface area contributed by atoms with E-state index in [2.05, 4.69) is 21.2 Å². The fourth-order valence-corrected chi connectivity index (χ4v) is 3.30. The van der Waals surface area contributed by atoms with Gasteiger partial charge in [0.05, 0.1) is 25.4 Å². The SMILES string of the molecule is COc1ccccc1NC(=O)N1CCO[C@@H](c2ccc(Br)cc2)[C@H]1C. The van der Waals surface area contributed by atoms with E-state index < -0.39 is 0 Å². The second-order valence-electron chi connectivity index (χ2n) is 5.91. The summed E-state index contributed by atoms with van der Waals surface area (Å²) in [7, 11) is 1.59. The van der Waals surface area contributed by atoms with Crippen LogP contribution in [0.2, 0.25) is 0 Å². The van der Waals surface area contributed by atoms with Crippen LogP contribution < -0.4 is 10.1 Å². The standard InChI is InChI=1S/C19H21BrN2O3/c1-13-18(14-7-9-15(20)10-8-14)25-12-11-22(13)19(23)21-16-5-3-4-6-17(16)24-2/h3-10,13,18H,11-12H2,1-2H3,(H,21,23)/t13-,18-/m1/s1. The molecule has 0 unspecified atom stereocenters. The summed E-state index contributed by atoms with van der Waals surface area (Å²) in [4.78, 5) is 14.6. The molecule has 2 amide bonds. The molecule has 1 fully saturated rings. The van der Waals surface area contributed by atoms with Crippen molar-refractivity contribution in [2.45, 2.75) is 19.1 Å². The zero-order valence-corrected chi connectivity index (χ0v) is 15.8. The van der Waals surface area contributed by atoms with Crippen LogP contribution in [0.3, 0.4) is 0 Å². The van der Waals surface area contributed by atoms with Gasteiger partial charge in [-0.05, 0) is 36.8 Å². The zero-order valence-electron chi connectivity index (χ0n) is 14.2. The van der Waals surface area contributed by atoms with E-state index in [1.54, 1.807) is 7.11 Å². The molecule has 0 saturated carbocycles. The smallest absolute Gasteiger partial charge is 0.322 e. The van der Waals surface area contributed by atoms with Crippen molar-refractivity contribution in [3.63, 3.8) is 0 Å². The van der Waals surface area contributed by atoms with Crippen LogP contribution in [0.4, 0.5) is 10.5 Å². The maximum Gasteiger partial charge on any atom is 0.322 e. The number of rotatable bonds is 3. The number of hydrogen-bond donors (Lipinski definition) is 1. The molecular weight excluding hydrogens is 384 g/mol. The third-order valence-electron chi connectivity index (χ3n) is 4.37. The monoisotopic (exact) mass is 404 g/mol. The first-order chi connectivity index (χ1) is 12.1. The number of nitrogens with zero attached hydrogens (tertiary/aromatic N) is 1. The van der Waals surface area contributed by atoms with Crippen molar-refractivity contribution in [1.29, 1.82) is 0 Å². The average molecular weight is 405 g/mol. The lowest BCUT2D eigenvalue weighted by Gasteiger charge is -2.39. The quantitative estimate of drug-likeness (QED) is 0.821. The number of carbonyl (C=O) groups is 1. The number of carbonyl (C=O) groups excluding carboxylic acids is 1. The summed E-state index contributed by atoms with van der Waals surface area (Å²) in [6.07, 6.45) is -0.148. The molecule has 1 heterocycles. The summed E-state index contributed by atoms with van der Waals surface area (Å²) in [5.74, 6) is 0.640. The summed E-state index contributed by atoms with van der Waals surface area (Å²) >= 11 is 3.44. The van der Waals surface area contributed by atoms with Crippen molar-refractivity contribution in [3.05, 3.63) is 58.6 Å². The number of halogens is 1. The van der Waals surface area contributed by atoms with Crippen LogP contribution in [0.15, 0.2) is 53.0 Å². The lowest BCUT2D eigenvalue weighted by atomic mass is 10.0. The first kappa shape index (κ1) is 17.8. The molecule has 1 aliphatic heterocycles. The number of morpholine rings is 1. The Balaban J connectivity index is 1.75. The normalized spacial score (nSPS) is 20.2. The van der Waals surface area contributed by atoms with E-state index >= 15 is 0 Å². The summed E-state index contributed by atoms with van der Waals surface area (Å²) < 4.78 is 12.2. The molecule has 2 aromatic rings. The number of para-hydroxylation sites is 2. The van der Waals surface area contributed by atoms with Gasteiger partial charge in [-0.2, -0.15) is 0 Å². The van der Waals surface area contributed by atoms with Gasteiger partial charge in [-0.15, -0.1) is 0 Å². The molecule has 1 saturated heterocycles. The largest absolute Gasteiger partial charge is 0.495 e. The van der Waals surface area contributed by atoms with Crippen molar-refractivity contribution in [2.24, 2.45) is 0 Å². The molecule has 0 aliphatic carbocycles. The van der Waals surface area contributed by atoms with Crippen LogP contribution in [-0.2, 0) is 4.74 Å². The molecule has 0 aromatic heterocycles. The van der Waals surface area contributed by atoms with E-state index in [0.29, 0.717) is 24.6 Å². The maximum atomic E-state index is 12.8. The van der Waals surface area contributed by atoms with Crippen LogP contribution in [0.5, 0.6) is 5.75 Å². The van der Waals surface area contributed by atoms with Gasteiger partial charge in [0.1, 0.15) is 11.9 Å². The Morgan fingerprint density at radius 3 is 2.68 bits per heavy atom. The van der Waals surface area contributed by atoms with Gasteiger partial charge in [-0.1, -0.05) is 40.2 Å². The Labute approximate surface area is 156 Å². The molecule has 0 spiro atoms. The maximum absolute atomic E-state index is 12.8. The third-order valence-corrected chi connectivity index (χ3v) is 4.90. The summed E-state index contributed by atoms with van der Waals surface area (Å²) in [5.41, 5.74) is 1.72. The predicted molar refractivity (Wildman–Crippen MR) is 101 cm³/mol. The van der Waals surface area contributed by atoms with Crippen LogP contribution in [0.25, 0.3) is 0 Å². The van der Waals surface area contributed by atoms with E-state index in [4.69, 9.17) is 9.47 Å². The van der Waals surface area contributed by atoms with E-state index in [9.17, 15) is 4.79 Å². The Morgan fingerprint density at radius 2 is 1.96 bits per heavy atom. The van der Waals surface area contributed by atoms with Gasteiger partial charge in [-0.25, -0.2) is 4.79 Å². The number of amides is 2. The van der Waals surface area contributed by atoms with Crippen LogP contribution in [0.1, 0.15) is 18.6 Å². The molecule has 5 nitrogen and oxygen atoms in total. The number of anilines is 1. The van der Waals surface area contributed by atoms with Crippen molar-refractivity contribution >= 4 is 27.6 Å². The first-order valence-electron chi connectivity index (χ1n) is 8.18. The van der Waals surface area contributed by atoms with Crippen LogP contribution in [0, 0.1) is 0 Å². The molecule has 3 rings (SSSR count). The summed E-state index contributed by atoms with van der Waals surface area (Å²) in [6.45, 7) is 3.06. The molecule has 6 heteroatoms. The van der Waals surface area contributed by atoms with Crippen molar-refractivity contribution in [1.82, 2.24) is 4.90 Å². The molecule has 1 N–H and O–H groups in total. The van der Waals surface area contributed by atoms with Crippen molar-refractivity contribution in [3.8, 4) is 5.75 Å². The second kappa shape index (κ2) is 7.89. The molecule has 0 bridgehead atoms. The van der Waals surface area contributed by atoms with Gasteiger partial charge in [-0.3, -0.25) is 0 Å². The first-order valence-corrected chi connectivity index (χ1v) is 8.97. The number of nitrogens with one attached hydrogen (secondary N) is 1. The highest BCUT2D eigenvalue weighted by atomic mass is 79.9. The van der Waals surface area contributed by atoms with Gasteiger partial charge in [0, 0.05) is 11.0 Å². The molecule has 2 aromatic carbocycles. The van der Waals surface area contributed by atoms with E-state index in [-0.39, 0.29) is 18.2 Å². The van der Waals surface area contributed by atoms with Crippen molar-refractivity contribution in [2.75, 3.05) is 25.6 Å². The number of benzene rings is 2. The molecule has 0 radical (unpaired) electrons. The molecule has 1 aliphatic rings. The average Bonchev–Trinajstić information content (AvgIpc) is 2.63. The highest BCUT2D eigenvalue weighted by Gasteiger charge is 2.33. The van der Waals surface area contributed by atoms with Gasteiger partial charge in [0.25, 0.3) is 0 Å². The molecule has 132 valence electrons. The minimum absolute atomic E-state index is 0.0790. The highest BCUT2D eigenvalue weighted by molar-refractivity contribution is 9.10. The zero-order chi connectivity index (χ0) is 17.8. The van der Waals surface area contributed by atoms with E-state index in [0.717, 1.165) is 10.0 Å². The predicted octanol–water partition coefficient (Wildman–Crippen LogP) is 4.45. The Bertz CT molecular complexity index is 736. The molecule has 2 atom stereocenters. The lowest BCUT2D eigenvalue weighted by Crippen LogP contribution is -2.50. The number of methoxy groups -OCH3 is 1. The third kappa shape index (κ3) is 3.96. The fraction of sp³-hybridized carbons (Fsp3) is 0.316. The van der Waals surface area contributed by atoms with Crippen molar-refractivity contribution < 1.29 is 14.3 Å². The molecule has 25 heavy (non-hydrogen) atoms. The summed E-state index contributed by atoms with van der Waals surface area (Å²) in [5, 5.41) is 2.94. The Hall–Kier alpha value is -2.05. The number of ether oxygens (including phenoxy) is 2.